The van der Waals surface area contributed by atoms with Crippen LogP contribution in [0.25, 0.3) is 16.6 Å². The third kappa shape index (κ3) is 3.59. The molecule has 0 spiro atoms. The number of rotatable bonds is 4. The molecule has 0 radical (unpaired) electrons. The summed E-state index contributed by atoms with van der Waals surface area (Å²) in [6.07, 6.45) is 5.64. The summed E-state index contributed by atoms with van der Waals surface area (Å²) in [6.45, 7) is 0.890. The smallest absolute Gasteiger partial charge is 0.295 e. The number of likely N-dealkylation sites (tertiary alicyclic amines) is 1. The van der Waals surface area contributed by atoms with Crippen LogP contribution >= 0.6 is 11.6 Å². The van der Waals surface area contributed by atoms with E-state index in [4.69, 9.17) is 17.0 Å². The molecule has 1 aliphatic rings. The maximum absolute atomic E-state index is 12.8. The number of benzene rings is 1. The summed E-state index contributed by atoms with van der Waals surface area (Å²) >= 11 is 6.11. The number of allylic oxidation sites excluding steroid dienone is 1. The summed E-state index contributed by atoms with van der Waals surface area (Å²) in [4.78, 5) is 34.2. The van der Waals surface area contributed by atoms with Crippen molar-refractivity contribution in [3.63, 3.8) is 0 Å². The first kappa shape index (κ1) is 19.1. The molecule has 3 heterocycles. The average molecular weight is 407 g/mol. The van der Waals surface area contributed by atoms with Gasteiger partial charge in [-0.2, -0.15) is 0 Å². The molecule has 0 saturated carbocycles. The second kappa shape index (κ2) is 8.01. The van der Waals surface area contributed by atoms with E-state index in [0.717, 1.165) is 16.7 Å². The number of carbonyl (C=O) groups is 2. The zero-order valence-electron chi connectivity index (χ0n) is 15.6. The third-order valence-corrected chi connectivity index (χ3v) is 5.53. The van der Waals surface area contributed by atoms with Gasteiger partial charge in [0.15, 0.2) is 0 Å². The van der Waals surface area contributed by atoms with E-state index in [0.29, 0.717) is 42.0 Å². The number of hydrogen-bond acceptors (Lipinski definition) is 4. The van der Waals surface area contributed by atoms with Gasteiger partial charge in [-0.05, 0) is 30.0 Å². The second-order valence-electron chi connectivity index (χ2n) is 6.87. The highest BCUT2D eigenvalue weighted by atomic mass is 35.5. The molecule has 4 rings (SSSR count). The number of piperidine rings is 1. The van der Waals surface area contributed by atoms with Gasteiger partial charge in [0.25, 0.3) is 11.7 Å². The van der Waals surface area contributed by atoms with Crippen LogP contribution in [-0.4, -0.2) is 45.9 Å². The van der Waals surface area contributed by atoms with E-state index in [1.807, 2.05) is 30.3 Å². The van der Waals surface area contributed by atoms with Gasteiger partial charge >= 0.3 is 0 Å². The van der Waals surface area contributed by atoms with E-state index in [9.17, 15) is 9.59 Å². The molecule has 1 saturated heterocycles. The molecule has 0 bridgehead atoms. The van der Waals surface area contributed by atoms with E-state index in [2.05, 4.69) is 9.97 Å². The van der Waals surface area contributed by atoms with Crippen molar-refractivity contribution in [2.24, 2.45) is 0 Å². The molecule has 1 fully saturated rings. The van der Waals surface area contributed by atoms with Crippen LogP contribution in [0.5, 0.6) is 0 Å². The Bertz CT molecular complexity index is 1120. The fourth-order valence-electron chi connectivity index (χ4n) is 3.68. The van der Waals surface area contributed by atoms with Gasteiger partial charge in [-0.15, -0.1) is 0 Å². The number of amides is 1. The Labute approximate surface area is 172 Å². The highest BCUT2D eigenvalue weighted by Crippen LogP contribution is 2.27. The first-order valence-corrected chi connectivity index (χ1v) is 9.71. The number of nitrogens with zero attached hydrogens (tertiary/aromatic N) is 2. The molecular weight excluding hydrogens is 388 g/mol. The molecule has 3 aromatic rings. The number of aromatic nitrogens is 2. The lowest BCUT2D eigenvalue weighted by Crippen LogP contribution is -2.40. The van der Waals surface area contributed by atoms with Crippen molar-refractivity contribution in [1.29, 1.82) is 5.41 Å². The van der Waals surface area contributed by atoms with Crippen molar-refractivity contribution in [2.45, 2.75) is 12.8 Å². The summed E-state index contributed by atoms with van der Waals surface area (Å²) in [6, 6.07) is 11.4. The lowest BCUT2D eigenvalue weighted by Gasteiger charge is -2.29. The van der Waals surface area contributed by atoms with Crippen LogP contribution in [0.4, 0.5) is 0 Å². The van der Waals surface area contributed by atoms with Crippen LogP contribution in [0.2, 0.25) is 5.02 Å². The highest BCUT2D eigenvalue weighted by Gasteiger charge is 2.28. The molecule has 1 amide bonds. The molecule has 2 N–H and O–H groups in total. The van der Waals surface area contributed by atoms with E-state index in [1.54, 1.807) is 11.0 Å². The Morgan fingerprint density at radius 1 is 1.14 bits per heavy atom. The molecule has 1 aliphatic heterocycles. The maximum Gasteiger partial charge on any atom is 0.295 e. The monoisotopic (exact) mass is 406 g/mol. The fourth-order valence-corrected chi connectivity index (χ4v) is 3.88. The molecule has 0 aliphatic carbocycles. The van der Waals surface area contributed by atoms with Crippen molar-refractivity contribution < 1.29 is 9.59 Å². The summed E-state index contributed by atoms with van der Waals surface area (Å²) in [5.74, 6) is -1.13. The minimum absolute atomic E-state index is 0.235. The molecule has 6 nitrogen and oxygen atoms in total. The lowest BCUT2D eigenvalue weighted by molar-refractivity contribution is -0.126. The molecule has 29 heavy (non-hydrogen) atoms. The number of halogens is 1. The SMILES string of the molecule is N=CC(=C1CCN(C(=O)C(=O)c2c[nH]c3c(Cl)ccnc23)CC1)c1ccccc1. The summed E-state index contributed by atoms with van der Waals surface area (Å²) < 4.78 is 0. The zero-order chi connectivity index (χ0) is 20.4. The fraction of sp³-hybridized carbons (Fsp3) is 0.182. The first-order chi connectivity index (χ1) is 14.1. The van der Waals surface area contributed by atoms with Gasteiger partial charge in [0.2, 0.25) is 0 Å². The van der Waals surface area contributed by atoms with Gasteiger partial charge in [0.05, 0.1) is 16.1 Å². The van der Waals surface area contributed by atoms with Crippen LogP contribution in [0.3, 0.4) is 0 Å². The van der Waals surface area contributed by atoms with Crippen LogP contribution in [0.1, 0.15) is 28.8 Å². The molecule has 7 heteroatoms. The molecule has 2 aromatic heterocycles. The van der Waals surface area contributed by atoms with Crippen molar-refractivity contribution >= 4 is 46.1 Å². The Morgan fingerprint density at radius 3 is 2.55 bits per heavy atom. The predicted molar refractivity (Wildman–Crippen MR) is 113 cm³/mol. The van der Waals surface area contributed by atoms with Gasteiger partial charge in [0.1, 0.15) is 5.52 Å². The van der Waals surface area contributed by atoms with Gasteiger partial charge in [-0.3, -0.25) is 14.6 Å². The van der Waals surface area contributed by atoms with E-state index in [1.165, 1.54) is 18.6 Å². The van der Waals surface area contributed by atoms with Crippen molar-refractivity contribution in [3.8, 4) is 0 Å². The van der Waals surface area contributed by atoms with E-state index >= 15 is 0 Å². The molecular formula is C22H19ClN4O2. The normalized spacial score (nSPS) is 14.1. The van der Waals surface area contributed by atoms with Gasteiger partial charge in [-0.25, -0.2) is 0 Å². The van der Waals surface area contributed by atoms with Gasteiger partial charge in [0, 0.05) is 31.7 Å². The summed E-state index contributed by atoms with van der Waals surface area (Å²) in [5.41, 5.74) is 4.20. The number of pyridine rings is 1. The molecule has 0 atom stereocenters. The predicted octanol–water partition coefficient (Wildman–Crippen LogP) is 4.12. The number of Topliss-reactive ketones (excluding diaryl/α,β-unsaturated/α-hetero) is 1. The van der Waals surface area contributed by atoms with Crippen LogP contribution < -0.4 is 0 Å². The first-order valence-electron chi connectivity index (χ1n) is 9.33. The van der Waals surface area contributed by atoms with Crippen LogP contribution in [-0.2, 0) is 4.79 Å². The summed E-state index contributed by atoms with van der Waals surface area (Å²) in [7, 11) is 0. The Hall–Kier alpha value is -3.25. The third-order valence-electron chi connectivity index (χ3n) is 5.22. The maximum atomic E-state index is 12.8. The highest BCUT2D eigenvalue weighted by molar-refractivity contribution is 6.45. The quantitative estimate of drug-likeness (QED) is 0.388. The summed E-state index contributed by atoms with van der Waals surface area (Å²) in [5, 5.41) is 8.24. The number of H-pyrrole nitrogens is 1. The Balaban J connectivity index is 1.51. The molecule has 0 unspecified atom stereocenters. The van der Waals surface area contributed by atoms with Crippen molar-refractivity contribution in [3.05, 3.63) is 70.5 Å². The molecule has 146 valence electrons. The number of fused-ring (bicyclic) bond motifs is 1. The number of carbonyl (C=O) groups excluding carboxylic acids is 2. The molecule has 1 aromatic carbocycles. The number of ketones is 1. The number of hydrogen-bond donors (Lipinski definition) is 2. The lowest BCUT2D eigenvalue weighted by atomic mass is 9.93. The Morgan fingerprint density at radius 2 is 1.86 bits per heavy atom. The van der Waals surface area contributed by atoms with Gasteiger partial charge < -0.3 is 15.3 Å². The largest absolute Gasteiger partial charge is 0.358 e. The number of aromatic amines is 1. The standard InChI is InChI=1S/C22H19ClN4O2/c23-18-6-9-25-19-17(13-26-20(18)19)21(28)22(29)27-10-7-15(8-11-27)16(12-24)14-4-2-1-3-5-14/h1-6,9,12-13,24,26H,7-8,10-11H2. The minimum Gasteiger partial charge on any atom is -0.358 e. The number of nitrogens with one attached hydrogen (secondary N) is 2. The van der Waals surface area contributed by atoms with E-state index < -0.39 is 11.7 Å². The zero-order valence-corrected chi connectivity index (χ0v) is 16.4. The average Bonchev–Trinajstić information content (AvgIpc) is 3.20. The topological polar surface area (TPSA) is 89.9 Å². The van der Waals surface area contributed by atoms with E-state index in [-0.39, 0.29) is 5.56 Å². The Kier molecular flexibility index (Phi) is 5.27. The van der Waals surface area contributed by atoms with Crippen LogP contribution in [0, 0.1) is 5.41 Å². The van der Waals surface area contributed by atoms with Crippen LogP contribution in [0.15, 0.2) is 54.4 Å². The minimum atomic E-state index is -0.589. The van der Waals surface area contributed by atoms with Crippen molar-refractivity contribution in [2.75, 3.05) is 13.1 Å². The second-order valence-corrected chi connectivity index (χ2v) is 7.27. The van der Waals surface area contributed by atoms with Gasteiger partial charge in [-0.1, -0.05) is 47.5 Å². The van der Waals surface area contributed by atoms with Crippen molar-refractivity contribution in [1.82, 2.24) is 14.9 Å².